The fourth-order valence-corrected chi connectivity index (χ4v) is 3.23. The maximum Gasteiger partial charge on any atom is 0.273 e. The summed E-state index contributed by atoms with van der Waals surface area (Å²) in [6, 6.07) is 13.1. The van der Waals surface area contributed by atoms with Crippen molar-refractivity contribution < 1.29 is 9.59 Å². The Bertz CT molecular complexity index is 940. The quantitative estimate of drug-likeness (QED) is 0.711. The normalized spacial score (nSPS) is 10.4. The van der Waals surface area contributed by atoms with E-state index in [1.54, 1.807) is 29.6 Å². The minimum absolute atomic E-state index is 0.182. The van der Waals surface area contributed by atoms with Gasteiger partial charge in [0.05, 0.1) is 0 Å². The highest BCUT2D eigenvalue weighted by Crippen LogP contribution is 2.18. The van der Waals surface area contributed by atoms with E-state index in [0.717, 1.165) is 11.3 Å². The molecule has 2 aromatic heterocycles. The first-order valence-corrected chi connectivity index (χ1v) is 9.40. The van der Waals surface area contributed by atoms with Gasteiger partial charge in [-0.25, -0.2) is 4.98 Å². The van der Waals surface area contributed by atoms with Crippen molar-refractivity contribution in [3.8, 4) is 0 Å². The second-order valence-corrected chi connectivity index (χ2v) is 6.96. The van der Waals surface area contributed by atoms with Gasteiger partial charge in [-0.2, -0.15) is 0 Å². The summed E-state index contributed by atoms with van der Waals surface area (Å²) in [7, 11) is 1.73. The van der Waals surface area contributed by atoms with Crippen molar-refractivity contribution >= 4 is 28.3 Å². The van der Waals surface area contributed by atoms with E-state index in [0.29, 0.717) is 29.4 Å². The van der Waals surface area contributed by atoms with Gasteiger partial charge in [0.25, 0.3) is 11.8 Å². The van der Waals surface area contributed by atoms with Crippen LogP contribution in [0.15, 0.2) is 54.0 Å². The number of nitrogens with one attached hydrogen (secondary N) is 1. The van der Waals surface area contributed by atoms with Crippen LogP contribution in [-0.2, 0) is 6.42 Å². The summed E-state index contributed by atoms with van der Waals surface area (Å²) in [5.74, 6) is -0.413. The van der Waals surface area contributed by atoms with E-state index in [2.05, 4.69) is 15.3 Å². The summed E-state index contributed by atoms with van der Waals surface area (Å²) >= 11 is 1.24. The first-order valence-electron chi connectivity index (χ1n) is 8.52. The molecule has 0 radical (unpaired) electrons. The number of thiazole rings is 1. The Hall–Kier alpha value is -3.06. The predicted octanol–water partition coefficient (Wildman–Crippen LogP) is 3.41. The Morgan fingerprint density at radius 1 is 1.15 bits per heavy atom. The minimum Gasteiger partial charge on any atom is -0.340 e. The molecule has 1 aromatic carbocycles. The lowest BCUT2D eigenvalue weighted by molar-refractivity contribution is 0.0791. The van der Waals surface area contributed by atoms with Crippen LogP contribution in [0.2, 0.25) is 0 Å². The van der Waals surface area contributed by atoms with Gasteiger partial charge in [-0.05, 0) is 30.7 Å². The van der Waals surface area contributed by atoms with Crippen LogP contribution in [0.1, 0.15) is 32.1 Å². The monoisotopic (exact) mass is 380 g/mol. The molecule has 27 heavy (non-hydrogen) atoms. The van der Waals surface area contributed by atoms with Crippen LogP contribution >= 0.6 is 11.3 Å². The van der Waals surface area contributed by atoms with Crippen molar-refractivity contribution in [3.63, 3.8) is 0 Å². The molecule has 0 spiro atoms. The van der Waals surface area contributed by atoms with Crippen molar-refractivity contribution in [2.24, 2.45) is 0 Å². The largest absolute Gasteiger partial charge is 0.340 e. The number of anilines is 1. The Morgan fingerprint density at radius 3 is 2.67 bits per heavy atom. The standard InChI is InChI=1S/C20H20N4O2S/c1-14-7-3-4-9-16(14)18(25)23-20-22-17(13-27-20)19(26)24(2)12-10-15-8-5-6-11-21-15/h3-9,11,13H,10,12H2,1-2H3,(H,22,23,25). The first kappa shape index (κ1) is 18.7. The Morgan fingerprint density at radius 2 is 1.93 bits per heavy atom. The molecule has 2 amide bonds. The SMILES string of the molecule is Cc1ccccc1C(=O)Nc1nc(C(=O)N(C)CCc2ccccn2)cs1. The minimum atomic E-state index is -0.232. The molecule has 0 saturated carbocycles. The number of carbonyl (C=O) groups excluding carboxylic acids is 2. The van der Waals surface area contributed by atoms with Crippen molar-refractivity contribution in [2.75, 3.05) is 18.9 Å². The van der Waals surface area contributed by atoms with Gasteiger partial charge in [-0.3, -0.25) is 19.9 Å². The number of benzene rings is 1. The van der Waals surface area contributed by atoms with E-state index < -0.39 is 0 Å². The highest BCUT2D eigenvalue weighted by molar-refractivity contribution is 7.14. The van der Waals surface area contributed by atoms with Gasteiger partial charge >= 0.3 is 0 Å². The number of hydrogen-bond donors (Lipinski definition) is 1. The van der Waals surface area contributed by atoms with E-state index in [9.17, 15) is 9.59 Å². The highest BCUT2D eigenvalue weighted by atomic mass is 32.1. The summed E-state index contributed by atoms with van der Waals surface area (Å²) in [6.07, 6.45) is 2.41. The fraction of sp³-hybridized carbons (Fsp3) is 0.200. The molecule has 0 fully saturated rings. The molecular weight excluding hydrogens is 360 g/mol. The number of amides is 2. The molecule has 0 bridgehead atoms. The van der Waals surface area contributed by atoms with E-state index >= 15 is 0 Å². The van der Waals surface area contributed by atoms with Gasteiger partial charge in [0.15, 0.2) is 5.13 Å². The number of likely N-dealkylation sites (N-methyl/N-ethyl adjacent to an activating group) is 1. The molecule has 0 unspecified atom stereocenters. The lowest BCUT2D eigenvalue weighted by Crippen LogP contribution is -2.29. The Kier molecular flexibility index (Phi) is 5.93. The molecule has 1 N–H and O–H groups in total. The lowest BCUT2D eigenvalue weighted by atomic mass is 10.1. The molecule has 0 aliphatic rings. The average molecular weight is 380 g/mol. The molecule has 6 nitrogen and oxygen atoms in total. The van der Waals surface area contributed by atoms with E-state index in [4.69, 9.17) is 0 Å². The molecular formula is C20H20N4O2S. The molecule has 138 valence electrons. The van der Waals surface area contributed by atoms with Gasteiger partial charge in [-0.1, -0.05) is 24.3 Å². The maximum absolute atomic E-state index is 12.5. The molecule has 0 aliphatic carbocycles. The highest BCUT2D eigenvalue weighted by Gasteiger charge is 2.17. The summed E-state index contributed by atoms with van der Waals surface area (Å²) < 4.78 is 0. The predicted molar refractivity (Wildman–Crippen MR) is 106 cm³/mol. The van der Waals surface area contributed by atoms with Crippen molar-refractivity contribution in [1.82, 2.24) is 14.9 Å². The van der Waals surface area contributed by atoms with Gasteiger partial charge in [0.1, 0.15) is 5.69 Å². The molecule has 7 heteroatoms. The zero-order chi connectivity index (χ0) is 19.2. The van der Waals surface area contributed by atoms with Crippen molar-refractivity contribution in [3.05, 3.63) is 76.6 Å². The van der Waals surface area contributed by atoms with Crippen LogP contribution in [0.3, 0.4) is 0 Å². The summed E-state index contributed by atoms with van der Waals surface area (Å²) in [5, 5.41) is 4.83. The molecule has 3 rings (SSSR count). The van der Waals surface area contributed by atoms with Crippen LogP contribution in [0, 0.1) is 6.92 Å². The molecule has 2 heterocycles. The van der Waals surface area contributed by atoms with E-state index in [1.807, 2.05) is 43.3 Å². The average Bonchev–Trinajstić information content (AvgIpc) is 3.15. The molecule has 0 aliphatic heterocycles. The zero-order valence-electron chi connectivity index (χ0n) is 15.2. The van der Waals surface area contributed by atoms with E-state index in [1.165, 1.54) is 11.3 Å². The Balaban J connectivity index is 1.60. The number of rotatable bonds is 6. The smallest absolute Gasteiger partial charge is 0.273 e. The van der Waals surface area contributed by atoms with Gasteiger partial charge < -0.3 is 4.90 Å². The topological polar surface area (TPSA) is 75.2 Å². The van der Waals surface area contributed by atoms with Crippen LogP contribution in [0.25, 0.3) is 0 Å². The Labute approximate surface area is 161 Å². The van der Waals surface area contributed by atoms with Crippen molar-refractivity contribution in [2.45, 2.75) is 13.3 Å². The molecule has 3 aromatic rings. The zero-order valence-corrected chi connectivity index (χ0v) is 16.0. The van der Waals surface area contributed by atoms with E-state index in [-0.39, 0.29) is 11.8 Å². The van der Waals surface area contributed by atoms with Crippen LogP contribution in [0.4, 0.5) is 5.13 Å². The third-order valence-corrected chi connectivity index (χ3v) is 4.87. The van der Waals surface area contributed by atoms with Gasteiger partial charge in [-0.15, -0.1) is 11.3 Å². The fourth-order valence-electron chi connectivity index (χ4n) is 2.55. The van der Waals surface area contributed by atoms with Crippen LogP contribution < -0.4 is 5.32 Å². The summed E-state index contributed by atoms with van der Waals surface area (Å²) in [5.41, 5.74) is 2.73. The number of aryl methyl sites for hydroxylation is 1. The number of nitrogens with zero attached hydrogens (tertiary/aromatic N) is 3. The molecule has 0 atom stereocenters. The third-order valence-electron chi connectivity index (χ3n) is 4.11. The first-order chi connectivity index (χ1) is 13.0. The number of aromatic nitrogens is 2. The van der Waals surface area contributed by atoms with Crippen LogP contribution in [0.5, 0.6) is 0 Å². The second-order valence-electron chi connectivity index (χ2n) is 6.10. The van der Waals surface area contributed by atoms with Crippen LogP contribution in [-0.4, -0.2) is 40.3 Å². The number of pyridine rings is 1. The molecule has 0 saturated heterocycles. The second kappa shape index (κ2) is 8.55. The van der Waals surface area contributed by atoms with Gasteiger partial charge in [0, 0.05) is 42.8 Å². The third kappa shape index (κ3) is 4.77. The maximum atomic E-state index is 12.5. The van der Waals surface area contributed by atoms with Crippen molar-refractivity contribution in [1.29, 1.82) is 0 Å². The number of carbonyl (C=O) groups is 2. The number of hydrogen-bond acceptors (Lipinski definition) is 5. The lowest BCUT2D eigenvalue weighted by Gasteiger charge is -2.15. The van der Waals surface area contributed by atoms with Gasteiger partial charge in [0.2, 0.25) is 0 Å². The summed E-state index contributed by atoms with van der Waals surface area (Å²) in [6.45, 7) is 2.42. The summed E-state index contributed by atoms with van der Waals surface area (Å²) in [4.78, 5) is 35.0.